The number of ether oxygens (including phenoxy) is 1. The molecular weight excluding hydrogens is 355 g/mol. The second-order valence-electron chi connectivity index (χ2n) is 5.91. The van der Waals surface area contributed by atoms with E-state index in [9.17, 15) is 18.0 Å². The van der Waals surface area contributed by atoms with E-state index in [4.69, 9.17) is 4.74 Å². The van der Waals surface area contributed by atoms with Crippen molar-refractivity contribution >= 4 is 5.97 Å². The third-order valence-electron chi connectivity index (χ3n) is 3.91. The molecule has 0 amide bonds. The second kappa shape index (κ2) is 8.03. The normalized spacial score (nSPS) is 12.4. The van der Waals surface area contributed by atoms with Gasteiger partial charge in [-0.15, -0.1) is 0 Å². The zero-order valence-corrected chi connectivity index (χ0v) is 14.2. The number of rotatable bonds is 5. The number of hydrogen-bond donors (Lipinski definition) is 0. The summed E-state index contributed by atoms with van der Waals surface area (Å²) in [4.78, 5) is 16.6. The number of hydrogen-bond acceptors (Lipinski definition) is 3. The molecule has 0 aliphatic rings. The van der Waals surface area contributed by atoms with E-state index in [1.807, 2.05) is 18.2 Å². The fraction of sp³-hybridized carbons (Fsp3) is 0.143. The van der Waals surface area contributed by atoms with Crippen LogP contribution in [0.3, 0.4) is 0 Å². The van der Waals surface area contributed by atoms with Crippen molar-refractivity contribution in [3.05, 3.63) is 101 Å². The summed E-state index contributed by atoms with van der Waals surface area (Å²) in [6.45, 7) is 0. The van der Waals surface area contributed by atoms with Crippen LogP contribution in [-0.2, 0) is 22.1 Å². The van der Waals surface area contributed by atoms with E-state index >= 15 is 0 Å². The first-order chi connectivity index (χ1) is 12.9. The average molecular weight is 371 g/mol. The number of halogens is 3. The van der Waals surface area contributed by atoms with E-state index < -0.39 is 23.8 Å². The molecule has 0 spiro atoms. The van der Waals surface area contributed by atoms with E-state index in [0.29, 0.717) is 5.69 Å². The monoisotopic (exact) mass is 371 g/mol. The van der Waals surface area contributed by atoms with Gasteiger partial charge in [0.1, 0.15) is 0 Å². The summed E-state index contributed by atoms with van der Waals surface area (Å²) in [7, 11) is 0. The smallest absolute Gasteiger partial charge is 0.416 e. The molecule has 0 N–H and O–H groups in total. The number of carbonyl (C=O) groups excluding carboxylic acids is 1. The van der Waals surface area contributed by atoms with E-state index in [-0.39, 0.29) is 12.0 Å². The quantitative estimate of drug-likeness (QED) is 0.594. The number of esters is 1. The van der Waals surface area contributed by atoms with Gasteiger partial charge in [0.2, 0.25) is 0 Å². The Morgan fingerprint density at radius 2 is 1.70 bits per heavy atom. The number of alkyl halides is 3. The third kappa shape index (κ3) is 4.94. The largest absolute Gasteiger partial charge is 0.451 e. The van der Waals surface area contributed by atoms with Crippen LogP contribution in [0, 0.1) is 0 Å². The molecule has 0 fully saturated rings. The summed E-state index contributed by atoms with van der Waals surface area (Å²) in [5.41, 5.74) is 0.717. The lowest BCUT2D eigenvalue weighted by Crippen LogP contribution is -2.16. The van der Waals surface area contributed by atoms with E-state index in [2.05, 4.69) is 4.98 Å². The van der Waals surface area contributed by atoms with Gasteiger partial charge in [0.05, 0.1) is 17.7 Å². The zero-order chi connectivity index (χ0) is 19.3. The molecule has 0 saturated heterocycles. The van der Waals surface area contributed by atoms with Gasteiger partial charge in [-0.25, -0.2) is 0 Å². The molecule has 27 heavy (non-hydrogen) atoms. The van der Waals surface area contributed by atoms with Gasteiger partial charge >= 0.3 is 12.1 Å². The summed E-state index contributed by atoms with van der Waals surface area (Å²) in [6, 6.07) is 19.0. The molecule has 1 atom stereocenters. The molecule has 1 aromatic heterocycles. The maximum absolute atomic E-state index is 12.8. The molecule has 6 heteroatoms. The Kier molecular flexibility index (Phi) is 5.54. The van der Waals surface area contributed by atoms with Gasteiger partial charge < -0.3 is 4.74 Å². The first kappa shape index (κ1) is 18.6. The third-order valence-corrected chi connectivity index (χ3v) is 3.91. The van der Waals surface area contributed by atoms with Crippen LogP contribution in [0.25, 0.3) is 0 Å². The van der Waals surface area contributed by atoms with Crippen molar-refractivity contribution in [2.75, 3.05) is 0 Å². The highest BCUT2D eigenvalue weighted by molar-refractivity contribution is 5.73. The average Bonchev–Trinajstić information content (AvgIpc) is 2.67. The lowest BCUT2D eigenvalue weighted by molar-refractivity contribution is -0.147. The fourth-order valence-corrected chi connectivity index (χ4v) is 2.66. The summed E-state index contributed by atoms with van der Waals surface area (Å²) in [5, 5.41) is 0. The van der Waals surface area contributed by atoms with Gasteiger partial charge in [0.15, 0.2) is 6.10 Å². The number of aromatic nitrogens is 1. The number of pyridine rings is 1. The summed E-state index contributed by atoms with van der Waals surface area (Å²) in [5.74, 6) is -0.631. The molecule has 0 aliphatic heterocycles. The topological polar surface area (TPSA) is 39.2 Å². The first-order valence-electron chi connectivity index (χ1n) is 8.25. The van der Waals surface area contributed by atoms with Crippen LogP contribution in [0.1, 0.15) is 28.5 Å². The maximum Gasteiger partial charge on any atom is 0.416 e. The van der Waals surface area contributed by atoms with E-state index in [1.165, 1.54) is 12.1 Å². The summed E-state index contributed by atoms with van der Waals surface area (Å²) < 4.78 is 44.1. The van der Waals surface area contributed by atoms with Crippen LogP contribution in [0.2, 0.25) is 0 Å². The molecule has 1 unspecified atom stereocenters. The van der Waals surface area contributed by atoms with Crippen molar-refractivity contribution in [1.29, 1.82) is 0 Å². The highest BCUT2D eigenvalue weighted by Gasteiger charge is 2.30. The van der Waals surface area contributed by atoms with Crippen molar-refractivity contribution in [3.8, 4) is 0 Å². The number of nitrogens with zero attached hydrogens (tertiary/aromatic N) is 1. The predicted octanol–water partition coefficient (Wildman–Crippen LogP) is 4.98. The van der Waals surface area contributed by atoms with Gasteiger partial charge in [-0.1, -0.05) is 54.6 Å². The molecule has 0 radical (unpaired) electrons. The molecule has 0 aliphatic carbocycles. The first-order valence-corrected chi connectivity index (χ1v) is 8.25. The maximum atomic E-state index is 12.8. The van der Waals surface area contributed by atoms with Crippen LogP contribution in [0.4, 0.5) is 13.2 Å². The van der Waals surface area contributed by atoms with Crippen LogP contribution >= 0.6 is 0 Å². The van der Waals surface area contributed by atoms with Crippen molar-refractivity contribution in [2.24, 2.45) is 0 Å². The van der Waals surface area contributed by atoms with Gasteiger partial charge in [-0.05, 0) is 29.3 Å². The Balaban J connectivity index is 1.80. The Bertz CT molecular complexity index is 857. The highest BCUT2D eigenvalue weighted by Crippen LogP contribution is 2.30. The van der Waals surface area contributed by atoms with Gasteiger partial charge in [-0.3, -0.25) is 9.78 Å². The molecule has 3 aromatic rings. The zero-order valence-electron chi connectivity index (χ0n) is 14.2. The number of carbonyl (C=O) groups is 1. The molecule has 0 bridgehead atoms. The molecule has 138 valence electrons. The van der Waals surface area contributed by atoms with Crippen LogP contribution in [0.15, 0.2) is 79.0 Å². The van der Waals surface area contributed by atoms with E-state index in [1.54, 1.807) is 36.5 Å². The second-order valence-corrected chi connectivity index (χ2v) is 5.91. The van der Waals surface area contributed by atoms with Crippen molar-refractivity contribution in [2.45, 2.75) is 18.7 Å². The van der Waals surface area contributed by atoms with Gasteiger partial charge in [0.25, 0.3) is 0 Å². The Labute approximate surface area is 154 Å². The Hall–Kier alpha value is -3.15. The minimum Gasteiger partial charge on any atom is -0.451 e. The van der Waals surface area contributed by atoms with Crippen LogP contribution in [0.5, 0.6) is 0 Å². The minimum atomic E-state index is -4.46. The van der Waals surface area contributed by atoms with Crippen molar-refractivity contribution < 1.29 is 22.7 Å². The SMILES string of the molecule is O=C(Cc1cccc(C(F)(F)F)c1)OC(c1ccccc1)c1ccccn1. The van der Waals surface area contributed by atoms with Crippen LogP contribution in [-0.4, -0.2) is 11.0 Å². The van der Waals surface area contributed by atoms with E-state index in [0.717, 1.165) is 17.7 Å². The van der Waals surface area contributed by atoms with Crippen molar-refractivity contribution in [1.82, 2.24) is 4.98 Å². The molecule has 2 aromatic carbocycles. The summed E-state index contributed by atoms with van der Waals surface area (Å²) >= 11 is 0. The number of benzene rings is 2. The Morgan fingerprint density at radius 1 is 0.963 bits per heavy atom. The molecule has 3 nitrogen and oxygen atoms in total. The molecule has 1 heterocycles. The standard InChI is InChI=1S/C21H16F3NO2/c22-21(23,24)17-10-6-7-15(13-17)14-19(26)27-20(16-8-2-1-3-9-16)18-11-4-5-12-25-18/h1-13,20H,14H2. The van der Waals surface area contributed by atoms with Crippen molar-refractivity contribution in [3.63, 3.8) is 0 Å². The van der Waals surface area contributed by atoms with Crippen LogP contribution < -0.4 is 0 Å². The molecule has 0 saturated carbocycles. The van der Waals surface area contributed by atoms with Gasteiger partial charge in [0, 0.05) is 6.20 Å². The lowest BCUT2D eigenvalue weighted by Gasteiger charge is -2.18. The summed E-state index contributed by atoms with van der Waals surface area (Å²) in [6.07, 6.45) is -3.86. The fourth-order valence-electron chi connectivity index (χ4n) is 2.66. The highest BCUT2D eigenvalue weighted by atomic mass is 19.4. The molecular formula is C21H16F3NO2. The predicted molar refractivity (Wildman–Crippen MR) is 93.8 cm³/mol. The lowest BCUT2D eigenvalue weighted by atomic mass is 10.1. The molecule has 3 rings (SSSR count). The van der Waals surface area contributed by atoms with Gasteiger partial charge in [-0.2, -0.15) is 13.2 Å². The Morgan fingerprint density at radius 3 is 2.37 bits per heavy atom. The minimum absolute atomic E-state index is 0.239.